The summed E-state index contributed by atoms with van der Waals surface area (Å²) in [6.45, 7) is 5.90. The van der Waals surface area contributed by atoms with Crippen LogP contribution in [0.2, 0.25) is 0 Å². The second kappa shape index (κ2) is 4.71. The fourth-order valence-electron chi connectivity index (χ4n) is 1.27. The van der Waals surface area contributed by atoms with Crippen molar-refractivity contribution in [2.24, 2.45) is 0 Å². The Kier molecular flexibility index (Phi) is 3.80. The molecule has 0 aromatic carbocycles. The smallest absolute Gasteiger partial charge is 0.341 e. The monoisotopic (exact) mass is 230 g/mol. The van der Waals surface area contributed by atoms with Crippen molar-refractivity contribution in [2.45, 2.75) is 26.4 Å². The van der Waals surface area contributed by atoms with Gasteiger partial charge in [0.25, 0.3) is 0 Å². The third kappa shape index (κ3) is 2.99. The van der Waals surface area contributed by atoms with Gasteiger partial charge in [-0.05, 0) is 32.9 Å². The Morgan fingerprint density at radius 3 is 2.80 bits per heavy atom. The zero-order valence-corrected chi connectivity index (χ0v) is 9.93. The van der Waals surface area contributed by atoms with Gasteiger partial charge >= 0.3 is 5.97 Å². The van der Waals surface area contributed by atoms with E-state index in [1.54, 1.807) is 13.0 Å². The van der Waals surface area contributed by atoms with E-state index in [1.165, 1.54) is 0 Å². The first-order chi connectivity index (χ1) is 7.00. The minimum absolute atomic E-state index is 0.169. The van der Waals surface area contributed by atoms with Gasteiger partial charge in [-0.2, -0.15) is 0 Å². The molecule has 4 heteroatoms. The number of hydrogen-bond acceptors (Lipinski definition) is 3. The highest BCUT2D eigenvalue weighted by molar-refractivity contribution is 6.19. The van der Waals surface area contributed by atoms with Crippen LogP contribution in [0.1, 0.15) is 20.8 Å². The van der Waals surface area contributed by atoms with Crippen molar-refractivity contribution in [1.82, 2.24) is 0 Å². The summed E-state index contributed by atoms with van der Waals surface area (Å²) in [7, 11) is 0. The maximum Gasteiger partial charge on any atom is 0.341 e. The lowest BCUT2D eigenvalue weighted by molar-refractivity contribution is -0.138. The number of hydrogen-bond donors (Lipinski definition) is 0. The summed E-state index contributed by atoms with van der Waals surface area (Å²) in [5.74, 6) is 0.254. The van der Waals surface area contributed by atoms with Gasteiger partial charge in [0.2, 0.25) is 0 Å². The lowest BCUT2D eigenvalue weighted by Crippen LogP contribution is -2.27. The minimum Gasteiger partial charge on any atom is -0.486 e. The van der Waals surface area contributed by atoms with Crippen LogP contribution in [0.15, 0.2) is 23.5 Å². The SMILES string of the molecule is CCOC(=O)C1=C(CCl)OC(C)(C)C=C1. The van der Waals surface area contributed by atoms with Crippen LogP contribution in [0.5, 0.6) is 0 Å². The van der Waals surface area contributed by atoms with Crippen LogP contribution in [-0.4, -0.2) is 24.1 Å². The van der Waals surface area contributed by atoms with Gasteiger partial charge in [0, 0.05) is 0 Å². The van der Waals surface area contributed by atoms with Crippen molar-refractivity contribution in [3.05, 3.63) is 23.5 Å². The Bertz CT molecular complexity index is 316. The number of rotatable bonds is 3. The molecule has 3 nitrogen and oxygen atoms in total. The number of halogens is 1. The number of alkyl halides is 1. The molecule has 0 fully saturated rings. The highest BCUT2D eigenvalue weighted by atomic mass is 35.5. The van der Waals surface area contributed by atoms with Gasteiger partial charge in [-0.15, -0.1) is 11.6 Å². The number of allylic oxidation sites excluding steroid dienone is 1. The molecule has 0 saturated carbocycles. The molecule has 0 spiro atoms. The fraction of sp³-hybridized carbons (Fsp3) is 0.545. The van der Waals surface area contributed by atoms with Crippen molar-refractivity contribution in [3.8, 4) is 0 Å². The van der Waals surface area contributed by atoms with Crippen molar-refractivity contribution < 1.29 is 14.3 Å². The fourth-order valence-corrected chi connectivity index (χ4v) is 1.47. The number of carbonyl (C=O) groups is 1. The Labute approximate surface area is 94.7 Å². The van der Waals surface area contributed by atoms with Gasteiger partial charge in [-0.1, -0.05) is 0 Å². The minimum atomic E-state index is -0.416. The number of ether oxygens (including phenoxy) is 2. The maximum atomic E-state index is 11.5. The molecule has 1 aliphatic rings. The molecule has 0 amide bonds. The van der Waals surface area contributed by atoms with Gasteiger partial charge in [0.1, 0.15) is 11.4 Å². The second-order valence-corrected chi connectivity index (χ2v) is 4.00. The Balaban J connectivity index is 2.91. The van der Waals surface area contributed by atoms with E-state index in [2.05, 4.69) is 0 Å². The average molecular weight is 231 g/mol. The van der Waals surface area contributed by atoms with Crippen LogP contribution in [0.3, 0.4) is 0 Å². The van der Waals surface area contributed by atoms with Crippen LogP contribution in [-0.2, 0) is 14.3 Å². The molecule has 1 rings (SSSR count). The number of carbonyl (C=O) groups excluding carboxylic acids is 1. The van der Waals surface area contributed by atoms with E-state index in [1.807, 2.05) is 19.9 Å². The van der Waals surface area contributed by atoms with E-state index in [-0.39, 0.29) is 11.8 Å². The molecule has 0 radical (unpaired) electrons. The third-order valence-electron chi connectivity index (χ3n) is 1.95. The van der Waals surface area contributed by atoms with Crippen LogP contribution in [0, 0.1) is 0 Å². The van der Waals surface area contributed by atoms with Crippen molar-refractivity contribution in [2.75, 3.05) is 12.5 Å². The van der Waals surface area contributed by atoms with E-state index < -0.39 is 5.60 Å². The predicted octanol–water partition coefficient (Wildman–Crippen LogP) is 2.41. The van der Waals surface area contributed by atoms with E-state index >= 15 is 0 Å². The molecule has 0 aromatic heterocycles. The highest BCUT2D eigenvalue weighted by Crippen LogP contribution is 2.26. The molecule has 0 bridgehead atoms. The lowest BCUT2D eigenvalue weighted by Gasteiger charge is -2.28. The zero-order chi connectivity index (χ0) is 11.5. The molecule has 0 aromatic rings. The first-order valence-electron chi connectivity index (χ1n) is 4.84. The molecule has 1 heterocycles. The number of esters is 1. The predicted molar refractivity (Wildman–Crippen MR) is 58.7 cm³/mol. The molecule has 0 unspecified atom stereocenters. The first kappa shape index (κ1) is 12.1. The molecular weight excluding hydrogens is 216 g/mol. The zero-order valence-electron chi connectivity index (χ0n) is 9.17. The van der Waals surface area contributed by atoms with E-state index in [9.17, 15) is 4.79 Å². The Hall–Kier alpha value is -0.960. The lowest BCUT2D eigenvalue weighted by atomic mass is 10.0. The normalized spacial score (nSPS) is 18.7. The summed E-state index contributed by atoms with van der Waals surface area (Å²) >= 11 is 5.72. The Morgan fingerprint density at radius 1 is 1.60 bits per heavy atom. The highest BCUT2D eigenvalue weighted by Gasteiger charge is 2.26. The van der Waals surface area contributed by atoms with Gasteiger partial charge in [0.05, 0.1) is 18.1 Å². The summed E-state index contributed by atoms with van der Waals surface area (Å²) in [6.07, 6.45) is 3.52. The van der Waals surface area contributed by atoms with Crippen LogP contribution < -0.4 is 0 Å². The van der Waals surface area contributed by atoms with Crippen LogP contribution in [0.25, 0.3) is 0 Å². The summed E-state index contributed by atoms with van der Waals surface area (Å²) in [5, 5.41) is 0. The second-order valence-electron chi connectivity index (χ2n) is 3.73. The quantitative estimate of drug-likeness (QED) is 0.552. The maximum absolute atomic E-state index is 11.5. The largest absolute Gasteiger partial charge is 0.486 e. The first-order valence-corrected chi connectivity index (χ1v) is 5.38. The third-order valence-corrected chi connectivity index (χ3v) is 2.20. The molecule has 15 heavy (non-hydrogen) atoms. The van der Waals surface area contributed by atoms with E-state index in [0.717, 1.165) is 0 Å². The van der Waals surface area contributed by atoms with Crippen molar-refractivity contribution in [1.29, 1.82) is 0 Å². The topological polar surface area (TPSA) is 35.5 Å². The summed E-state index contributed by atoms with van der Waals surface area (Å²) in [4.78, 5) is 11.5. The molecule has 0 atom stereocenters. The Morgan fingerprint density at radius 2 is 2.27 bits per heavy atom. The van der Waals surface area contributed by atoms with E-state index in [0.29, 0.717) is 17.9 Å². The molecular formula is C11H15ClO3. The van der Waals surface area contributed by atoms with Crippen molar-refractivity contribution in [3.63, 3.8) is 0 Å². The van der Waals surface area contributed by atoms with Gasteiger partial charge in [-0.3, -0.25) is 0 Å². The van der Waals surface area contributed by atoms with E-state index in [4.69, 9.17) is 21.1 Å². The molecule has 84 valence electrons. The summed E-state index contributed by atoms with van der Waals surface area (Å²) in [5.41, 5.74) is -0.00796. The van der Waals surface area contributed by atoms with Crippen LogP contribution >= 0.6 is 11.6 Å². The molecule has 1 aliphatic heterocycles. The molecule has 0 aliphatic carbocycles. The van der Waals surface area contributed by atoms with Crippen molar-refractivity contribution >= 4 is 17.6 Å². The molecule has 0 saturated heterocycles. The van der Waals surface area contributed by atoms with Crippen LogP contribution in [0.4, 0.5) is 0 Å². The van der Waals surface area contributed by atoms with Gasteiger partial charge in [0.15, 0.2) is 0 Å². The van der Waals surface area contributed by atoms with Gasteiger partial charge < -0.3 is 9.47 Å². The standard InChI is InChI=1S/C11H15ClO3/c1-4-14-10(13)8-5-6-11(2,3)15-9(8)7-12/h5-6H,4,7H2,1-3H3. The molecule has 0 N–H and O–H groups in total. The summed E-state index contributed by atoms with van der Waals surface area (Å²) in [6, 6.07) is 0. The summed E-state index contributed by atoms with van der Waals surface area (Å²) < 4.78 is 10.5. The van der Waals surface area contributed by atoms with Gasteiger partial charge in [-0.25, -0.2) is 4.79 Å². The average Bonchev–Trinajstić information content (AvgIpc) is 2.16.